The van der Waals surface area contributed by atoms with Crippen LogP contribution in [0.3, 0.4) is 0 Å². The lowest BCUT2D eigenvalue weighted by molar-refractivity contribution is -0.176. The van der Waals surface area contributed by atoms with Crippen LogP contribution in [0.4, 0.5) is 0 Å². The van der Waals surface area contributed by atoms with Gasteiger partial charge in [-0.1, -0.05) is 0 Å². The number of nitrogens with one attached hydrogen (secondary N) is 1. The molecular formula is C7H11N3O. The molecule has 0 radical (unpaired) electrons. The molecule has 0 spiro atoms. The Morgan fingerprint density at radius 3 is 3.00 bits per heavy atom. The van der Waals surface area contributed by atoms with E-state index in [0.717, 1.165) is 13.1 Å². The summed E-state index contributed by atoms with van der Waals surface area (Å²) in [6.07, 6.45) is 5.88. The molecule has 0 aromatic carbocycles. The SMILES string of the molecule is C1=CN(OC2CNC2)CN=C1. The van der Waals surface area contributed by atoms with Crippen LogP contribution in [-0.2, 0) is 4.84 Å². The highest BCUT2D eigenvalue weighted by Gasteiger charge is 2.19. The Labute approximate surface area is 65.5 Å². The minimum atomic E-state index is 0.341. The van der Waals surface area contributed by atoms with Crippen LogP contribution >= 0.6 is 0 Å². The van der Waals surface area contributed by atoms with Crippen LogP contribution in [0.15, 0.2) is 17.3 Å². The third kappa shape index (κ3) is 1.58. The second kappa shape index (κ2) is 3.02. The minimum absolute atomic E-state index is 0.341. The summed E-state index contributed by atoms with van der Waals surface area (Å²) in [5, 5.41) is 4.89. The molecule has 60 valence electrons. The lowest BCUT2D eigenvalue weighted by Crippen LogP contribution is -2.50. The molecule has 1 N–H and O–H groups in total. The zero-order chi connectivity index (χ0) is 7.52. The van der Waals surface area contributed by atoms with E-state index in [2.05, 4.69) is 10.3 Å². The lowest BCUT2D eigenvalue weighted by atomic mass is 10.2. The van der Waals surface area contributed by atoms with E-state index in [4.69, 9.17) is 4.84 Å². The maximum atomic E-state index is 5.50. The Bertz CT molecular complexity index is 186. The van der Waals surface area contributed by atoms with Crippen LogP contribution in [0, 0.1) is 0 Å². The van der Waals surface area contributed by atoms with Gasteiger partial charge in [-0.2, -0.15) is 0 Å². The minimum Gasteiger partial charge on any atom is -0.311 e. The molecule has 0 aromatic rings. The van der Waals surface area contributed by atoms with E-state index in [1.807, 2.05) is 12.3 Å². The van der Waals surface area contributed by atoms with Crippen molar-refractivity contribution in [1.82, 2.24) is 10.4 Å². The Kier molecular flexibility index (Phi) is 1.87. The van der Waals surface area contributed by atoms with Gasteiger partial charge >= 0.3 is 0 Å². The van der Waals surface area contributed by atoms with Crippen molar-refractivity contribution >= 4 is 6.21 Å². The van der Waals surface area contributed by atoms with Crippen LogP contribution in [0.25, 0.3) is 0 Å². The van der Waals surface area contributed by atoms with Crippen molar-refractivity contribution in [3.8, 4) is 0 Å². The molecule has 1 fully saturated rings. The number of allylic oxidation sites excluding steroid dienone is 1. The van der Waals surface area contributed by atoms with Gasteiger partial charge in [0.2, 0.25) is 0 Å². The first kappa shape index (κ1) is 6.82. The molecule has 0 amide bonds. The molecule has 2 heterocycles. The maximum absolute atomic E-state index is 5.50. The summed E-state index contributed by atoms with van der Waals surface area (Å²) in [4.78, 5) is 9.54. The van der Waals surface area contributed by atoms with E-state index < -0.39 is 0 Å². The third-order valence-electron chi connectivity index (χ3n) is 1.69. The van der Waals surface area contributed by atoms with Gasteiger partial charge in [-0.3, -0.25) is 9.83 Å². The molecule has 2 rings (SSSR count). The molecule has 0 atom stereocenters. The summed E-state index contributed by atoms with van der Waals surface area (Å²) in [7, 11) is 0. The summed E-state index contributed by atoms with van der Waals surface area (Å²) < 4.78 is 0. The summed E-state index contributed by atoms with van der Waals surface area (Å²) in [5.41, 5.74) is 0. The fourth-order valence-corrected chi connectivity index (χ4v) is 0.967. The standard InChI is InChI=1S/C7H11N3O/c1-2-8-6-10(3-1)11-7-4-9-5-7/h1-3,7,9H,4-6H2. The van der Waals surface area contributed by atoms with Crippen LogP contribution in [0.1, 0.15) is 0 Å². The Hall–Kier alpha value is -0.870. The highest BCUT2D eigenvalue weighted by molar-refractivity contribution is 5.71. The lowest BCUT2D eigenvalue weighted by Gasteiger charge is -2.31. The number of aliphatic imine (C=N–C) groups is 1. The zero-order valence-corrected chi connectivity index (χ0v) is 6.23. The molecule has 0 aromatic heterocycles. The topological polar surface area (TPSA) is 36.9 Å². The zero-order valence-electron chi connectivity index (χ0n) is 6.23. The van der Waals surface area contributed by atoms with Crippen molar-refractivity contribution in [1.29, 1.82) is 0 Å². The molecule has 1 saturated heterocycles. The largest absolute Gasteiger partial charge is 0.311 e. The quantitative estimate of drug-likeness (QED) is 0.594. The average molecular weight is 153 g/mol. The van der Waals surface area contributed by atoms with Crippen LogP contribution < -0.4 is 5.32 Å². The summed E-state index contributed by atoms with van der Waals surface area (Å²) in [6.45, 7) is 2.52. The highest BCUT2D eigenvalue weighted by atomic mass is 16.7. The smallest absolute Gasteiger partial charge is 0.135 e. The Balaban J connectivity index is 1.77. The van der Waals surface area contributed by atoms with Crippen molar-refractivity contribution in [2.24, 2.45) is 4.99 Å². The molecule has 2 aliphatic rings. The fourth-order valence-electron chi connectivity index (χ4n) is 0.967. The average Bonchev–Trinajstić information content (AvgIpc) is 1.99. The second-order valence-corrected chi connectivity index (χ2v) is 2.62. The molecule has 0 unspecified atom stereocenters. The first-order chi connectivity index (χ1) is 5.45. The molecule has 0 aliphatic carbocycles. The number of hydroxylamine groups is 2. The first-order valence-electron chi connectivity index (χ1n) is 3.76. The molecule has 2 aliphatic heterocycles. The van der Waals surface area contributed by atoms with Crippen molar-refractivity contribution in [2.75, 3.05) is 19.8 Å². The van der Waals surface area contributed by atoms with Crippen LogP contribution in [0.2, 0.25) is 0 Å². The van der Waals surface area contributed by atoms with Gasteiger partial charge in [-0.15, -0.1) is 0 Å². The predicted molar refractivity (Wildman–Crippen MR) is 42.1 cm³/mol. The Morgan fingerprint density at radius 2 is 2.45 bits per heavy atom. The van der Waals surface area contributed by atoms with Gasteiger partial charge in [0.15, 0.2) is 0 Å². The predicted octanol–water partition coefficient (Wildman–Crippen LogP) is -0.253. The highest BCUT2D eigenvalue weighted by Crippen LogP contribution is 2.04. The van der Waals surface area contributed by atoms with Crippen molar-refractivity contribution in [3.63, 3.8) is 0 Å². The maximum Gasteiger partial charge on any atom is 0.135 e. The van der Waals surface area contributed by atoms with Gasteiger partial charge < -0.3 is 5.32 Å². The van der Waals surface area contributed by atoms with Gasteiger partial charge in [-0.25, -0.2) is 5.06 Å². The number of rotatable bonds is 2. The fraction of sp³-hybridized carbons (Fsp3) is 0.571. The summed E-state index contributed by atoms with van der Waals surface area (Å²) in [5.74, 6) is 0. The molecule has 0 bridgehead atoms. The third-order valence-corrected chi connectivity index (χ3v) is 1.69. The van der Waals surface area contributed by atoms with Gasteiger partial charge in [0.25, 0.3) is 0 Å². The van der Waals surface area contributed by atoms with Crippen molar-refractivity contribution < 1.29 is 4.84 Å². The molecule has 4 nitrogen and oxygen atoms in total. The molecule has 11 heavy (non-hydrogen) atoms. The number of nitrogens with zero attached hydrogens (tertiary/aromatic N) is 2. The second-order valence-electron chi connectivity index (χ2n) is 2.62. The normalized spacial score (nSPS) is 23.8. The van der Waals surface area contributed by atoms with Gasteiger partial charge in [0, 0.05) is 25.5 Å². The van der Waals surface area contributed by atoms with Gasteiger partial charge in [0.05, 0.1) is 0 Å². The number of hydrogen-bond donors (Lipinski definition) is 1. The molecule has 0 saturated carbocycles. The van der Waals surface area contributed by atoms with Crippen LogP contribution in [0.5, 0.6) is 0 Å². The molecular weight excluding hydrogens is 142 g/mol. The van der Waals surface area contributed by atoms with E-state index in [9.17, 15) is 0 Å². The van der Waals surface area contributed by atoms with Crippen molar-refractivity contribution in [2.45, 2.75) is 6.10 Å². The van der Waals surface area contributed by atoms with Crippen molar-refractivity contribution in [3.05, 3.63) is 12.3 Å². The Morgan fingerprint density at radius 1 is 1.55 bits per heavy atom. The first-order valence-corrected chi connectivity index (χ1v) is 3.76. The van der Waals surface area contributed by atoms with E-state index in [1.54, 1.807) is 11.3 Å². The van der Waals surface area contributed by atoms with E-state index in [-0.39, 0.29) is 0 Å². The van der Waals surface area contributed by atoms with E-state index in [1.165, 1.54) is 0 Å². The van der Waals surface area contributed by atoms with E-state index in [0.29, 0.717) is 12.8 Å². The van der Waals surface area contributed by atoms with Gasteiger partial charge in [0.1, 0.15) is 12.8 Å². The van der Waals surface area contributed by atoms with Gasteiger partial charge in [-0.05, 0) is 6.08 Å². The van der Waals surface area contributed by atoms with E-state index >= 15 is 0 Å². The monoisotopic (exact) mass is 153 g/mol. The summed E-state index contributed by atoms with van der Waals surface area (Å²) in [6, 6.07) is 0. The van der Waals surface area contributed by atoms with Crippen LogP contribution in [-0.4, -0.2) is 37.1 Å². The number of hydrogen-bond acceptors (Lipinski definition) is 4. The molecule has 4 heteroatoms. The summed E-state index contributed by atoms with van der Waals surface area (Å²) >= 11 is 0.